The molecular formula is C6H7BF2N2. The van der Waals surface area contributed by atoms with Crippen molar-refractivity contribution in [1.82, 2.24) is 0 Å². The molecule has 0 bridgehead atoms. The standard InChI is InChI=1S/C6H7BF2N2/c7-3-1-5(9)6(11-10)2-4(3)8/h1-2,11H,7,10H2. The Morgan fingerprint density at radius 1 is 1.27 bits per heavy atom. The van der Waals surface area contributed by atoms with Crippen LogP contribution in [0.5, 0.6) is 0 Å². The van der Waals surface area contributed by atoms with Crippen molar-refractivity contribution in [1.29, 1.82) is 0 Å². The van der Waals surface area contributed by atoms with Gasteiger partial charge in [0.25, 0.3) is 0 Å². The van der Waals surface area contributed by atoms with Crippen molar-refractivity contribution < 1.29 is 8.78 Å². The maximum atomic E-state index is 12.7. The molecule has 0 amide bonds. The second-order valence-corrected chi connectivity index (χ2v) is 2.23. The van der Waals surface area contributed by atoms with E-state index in [1.165, 1.54) is 7.85 Å². The highest BCUT2D eigenvalue weighted by Crippen LogP contribution is 2.11. The van der Waals surface area contributed by atoms with E-state index in [9.17, 15) is 8.78 Å². The van der Waals surface area contributed by atoms with Crippen LogP contribution in [0.15, 0.2) is 12.1 Å². The summed E-state index contributed by atoms with van der Waals surface area (Å²) in [6.07, 6.45) is 0. The van der Waals surface area contributed by atoms with Crippen LogP contribution in [0.3, 0.4) is 0 Å². The minimum atomic E-state index is -0.550. The van der Waals surface area contributed by atoms with Gasteiger partial charge < -0.3 is 5.43 Å². The molecule has 3 N–H and O–H groups in total. The summed E-state index contributed by atoms with van der Waals surface area (Å²) in [5.74, 6) is 3.89. The molecule has 0 heterocycles. The summed E-state index contributed by atoms with van der Waals surface area (Å²) < 4.78 is 25.4. The zero-order valence-electron chi connectivity index (χ0n) is 5.99. The molecule has 0 fully saturated rings. The average molecular weight is 156 g/mol. The van der Waals surface area contributed by atoms with Crippen LogP contribution < -0.4 is 16.7 Å². The largest absolute Gasteiger partial charge is 0.321 e. The van der Waals surface area contributed by atoms with Crippen LogP contribution in [-0.4, -0.2) is 7.85 Å². The number of anilines is 1. The first-order chi connectivity index (χ1) is 5.15. The van der Waals surface area contributed by atoms with Crippen LogP contribution in [0.1, 0.15) is 0 Å². The van der Waals surface area contributed by atoms with Crippen molar-refractivity contribution in [2.45, 2.75) is 0 Å². The van der Waals surface area contributed by atoms with Gasteiger partial charge in [-0.25, -0.2) is 8.78 Å². The van der Waals surface area contributed by atoms with Gasteiger partial charge in [0, 0.05) is 6.07 Å². The van der Waals surface area contributed by atoms with Gasteiger partial charge in [0.1, 0.15) is 19.5 Å². The van der Waals surface area contributed by atoms with Crippen molar-refractivity contribution in [3.05, 3.63) is 23.8 Å². The highest BCUT2D eigenvalue weighted by molar-refractivity contribution is 6.32. The Kier molecular flexibility index (Phi) is 2.09. The van der Waals surface area contributed by atoms with Crippen molar-refractivity contribution in [3.63, 3.8) is 0 Å². The highest BCUT2D eigenvalue weighted by Gasteiger charge is 2.04. The van der Waals surface area contributed by atoms with Crippen LogP contribution in [0.25, 0.3) is 0 Å². The third kappa shape index (κ3) is 1.49. The molecule has 0 aromatic heterocycles. The van der Waals surface area contributed by atoms with E-state index in [2.05, 4.69) is 0 Å². The lowest BCUT2D eigenvalue weighted by Crippen LogP contribution is -2.14. The monoisotopic (exact) mass is 156 g/mol. The zero-order chi connectivity index (χ0) is 8.43. The second-order valence-electron chi connectivity index (χ2n) is 2.23. The van der Waals surface area contributed by atoms with Gasteiger partial charge in [-0.3, -0.25) is 5.84 Å². The quantitative estimate of drug-likeness (QED) is 0.327. The Morgan fingerprint density at radius 2 is 1.91 bits per heavy atom. The van der Waals surface area contributed by atoms with E-state index in [-0.39, 0.29) is 11.2 Å². The second kappa shape index (κ2) is 2.88. The molecule has 1 aromatic rings. The van der Waals surface area contributed by atoms with E-state index in [0.717, 1.165) is 12.1 Å². The lowest BCUT2D eigenvalue weighted by atomic mass is 9.95. The number of hydrogen-bond donors (Lipinski definition) is 2. The fourth-order valence-electron chi connectivity index (χ4n) is 0.757. The van der Waals surface area contributed by atoms with Crippen LogP contribution in [-0.2, 0) is 0 Å². The number of halogens is 2. The van der Waals surface area contributed by atoms with Gasteiger partial charge in [0.2, 0.25) is 0 Å². The predicted molar refractivity (Wildman–Crippen MR) is 42.3 cm³/mol. The van der Waals surface area contributed by atoms with Crippen LogP contribution >= 0.6 is 0 Å². The normalized spacial score (nSPS) is 9.73. The van der Waals surface area contributed by atoms with Crippen molar-refractivity contribution >= 4 is 19.0 Å². The van der Waals surface area contributed by atoms with E-state index >= 15 is 0 Å². The molecule has 2 nitrogen and oxygen atoms in total. The minimum Gasteiger partial charge on any atom is -0.321 e. The lowest BCUT2D eigenvalue weighted by molar-refractivity contribution is 0.609. The first-order valence-electron chi connectivity index (χ1n) is 3.07. The Labute approximate surface area is 63.8 Å². The Bertz CT molecular complexity index is 278. The van der Waals surface area contributed by atoms with Crippen LogP contribution in [0.4, 0.5) is 14.5 Å². The molecule has 1 aromatic carbocycles. The first-order valence-corrected chi connectivity index (χ1v) is 3.07. The SMILES string of the molecule is Bc1cc(F)c(NN)cc1F. The van der Waals surface area contributed by atoms with E-state index < -0.39 is 11.6 Å². The summed E-state index contributed by atoms with van der Waals surface area (Å²) >= 11 is 0. The average Bonchev–Trinajstić information content (AvgIpc) is 1.97. The number of hydrazine groups is 1. The molecule has 0 radical (unpaired) electrons. The number of nitrogens with one attached hydrogen (secondary N) is 1. The number of nitrogens with two attached hydrogens (primary N) is 1. The molecule has 0 aliphatic heterocycles. The van der Waals surface area contributed by atoms with E-state index in [4.69, 9.17) is 5.84 Å². The number of hydrogen-bond acceptors (Lipinski definition) is 2. The smallest absolute Gasteiger partial charge is 0.147 e. The molecule has 0 unspecified atom stereocenters. The molecule has 0 aliphatic carbocycles. The highest BCUT2D eigenvalue weighted by atomic mass is 19.1. The van der Waals surface area contributed by atoms with E-state index in [1.54, 1.807) is 0 Å². The molecule has 0 atom stereocenters. The number of rotatable bonds is 1. The molecule has 1 rings (SSSR count). The summed E-state index contributed by atoms with van der Waals surface area (Å²) in [6, 6.07) is 2.11. The molecule has 0 spiro atoms. The minimum absolute atomic E-state index is 0.0342. The van der Waals surface area contributed by atoms with Gasteiger partial charge in [-0.05, 0) is 6.07 Å². The molecule has 0 aliphatic rings. The molecular weight excluding hydrogens is 149 g/mol. The fourth-order valence-corrected chi connectivity index (χ4v) is 0.757. The van der Waals surface area contributed by atoms with Crippen molar-refractivity contribution in [2.24, 2.45) is 5.84 Å². The van der Waals surface area contributed by atoms with Crippen molar-refractivity contribution in [3.8, 4) is 0 Å². The van der Waals surface area contributed by atoms with Crippen LogP contribution in [0, 0.1) is 11.6 Å². The van der Waals surface area contributed by atoms with E-state index in [1.807, 2.05) is 5.43 Å². The van der Waals surface area contributed by atoms with Gasteiger partial charge in [-0.2, -0.15) is 0 Å². The topological polar surface area (TPSA) is 38.0 Å². The van der Waals surface area contributed by atoms with Gasteiger partial charge in [0.05, 0.1) is 5.69 Å². The van der Waals surface area contributed by atoms with Gasteiger partial charge in [-0.1, -0.05) is 5.46 Å². The molecule has 5 heteroatoms. The predicted octanol–water partition coefficient (Wildman–Crippen LogP) is -0.491. The van der Waals surface area contributed by atoms with Gasteiger partial charge in [-0.15, -0.1) is 0 Å². The number of nitrogen functional groups attached to an aromatic ring is 1. The molecule has 58 valence electrons. The summed E-state index contributed by atoms with van der Waals surface area (Å²) in [5.41, 5.74) is 2.28. The van der Waals surface area contributed by atoms with Crippen LogP contribution in [0.2, 0.25) is 0 Å². The maximum absolute atomic E-state index is 12.7. The van der Waals surface area contributed by atoms with E-state index in [0.29, 0.717) is 0 Å². The summed E-state index contributed by atoms with van der Waals surface area (Å²) in [7, 11) is 1.48. The molecule has 0 saturated carbocycles. The fraction of sp³-hybridized carbons (Fsp3) is 0. The van der Waals surface area contributed by atoms with Gasteiger partial charge in [0.15, 0.2) is 0 Å². The Hall–Kier alpha value is -1.10. The summed E-state index contributed by atoms with van der Waals surface area (Å²) in [5, 5.41) is 0. The third-order valence-corrected chi connectivity index (χ3v) is 1.40. The van der Waals surface area contributed by atoms with Gasteiger partial charge >= 0.3 is 0 Å². The number of benzene rings is 1. The molecule has 0 saturated heterocycles. The first kappa shape index (κ1) is 8.01. The Morgan fingerprint density at radius 3 is 2.45 bits per heavy atom. The Balaban J connectivity index is 3.21. The zero-order valence-corrected chi connectivity index (χ0v) is 5.99. The lowest BCUT2D eigenvalue weighted by Gasteiger charge is -2.03. The summed E-state index contributed by atoms with van der Waals surface area (Å²) in [6.45, 7) is 0. The van der Waals surface area contributed by atoms with Crippen molar-refractivity contribution in [2.75, 3.05) is 5.43 Å². The maximum Gasteiger partial charge on any atom is 0.147 e. The molecule has 11 heavy (non-hydrogen) atoms. The third-order valence-electron chi connectivity index (χ3n) is 1.40. The summed E-state index contributed by atoms with van der Waals surface area (Å²) in [4.78, 5) is 0.